The first-order chi connectivity index (χ1) is 8.58. The van der Waals surface area contributed by atoms with E-state index in [1.165, 1.54) is 36.9 Å². The Hall–Kier alpha value is -1.02. The maximum atomic E-state index is 6.43. The molecule has 2 heteroatoms. The maximum absolute atomic E-state index is 6.43. The molecule has 0 bridgehead atoms. The van der Waals surface area contributed by atoms with E-state index in [4.69, 9.17) is 5.73 Å². The number of anilines is 1. The van der Waals surface area contributed by atoms with E-state index in [1.807, 2.05) is 0 Å². The van der Waals surface area contributed by atoms with Crippen LogP contribution in [0.5, 0.6) is 0 Å². The van der Waals surface area contributed by atoms with Crippen molar-refractivity contribution in [2.24, 2.45) is 17.6 Å². The Morgan fingerprint density at radius 1 is 1.06 bits per heavy atom. The van der Waals surface area contributed by atoms with Crippen molar-refractivity contribution < 1.29 is 0 Å². The summed E-state index contributed by atoms with van der Waals surface area (Å²) in [4.78, 5) is 2.12. The summed E-state index contributed by atoms with van der Waals surface area (Å²) in [6.07, 6.45) is 5.26. The fourth-order valence-electron chi connectivity index (χ4n) is 2.91. The highest BCUT2D eigenvalue weighted by Gasteiger charge is 2.24. The van der Waals surface area contributed by atoms with Gasteiger partial charge >= 0.3 is 0 Å². The second kappa shape index (κ2) is 5.75. The van der Waals surface area contributed by atoms with Crippen molar-refractivity contribution in [3.63, 3.8) is 0 Å². The third kappa shape index (κ3) is 3.05. The number of nitrogens with two attached hydrogens (primary N) is 1. The number of hydrogen-bond acceptors (Lipinski definition) is 2. The molecule has 1 aliphatic rings. The van der Waals surface area contributed by atoms with Gasteiger partial charge in [-0.25, -0.2) is 0 Å². The van der Waals surface area contributed by atoms with Gasteiger partial charge in [-0.15, -0.1) is 0 Å². The lowest BCUT2D eigenvalue weighted by molar-refractivity contribution is 0.256. The third-order valence-corrected chi connectivity index (χ3v) is 4.36. The molecule has 2 N–H and O–H groups in total. The molecule has 1 saturated carbocycles. The average molecular weight is 246 g/mol. The summed E-state index contributed by atoms with van der Waals surface area (Å²) in [5.41, 5.74) is 8.96. The lowest BCUT2D eigenvalue weighted by Gasteiger charge is -2.31. The molecule has 2 rings (SSSR count). The van der Waals surface area contributed by atoms with E-state index in [9.17, 15) is 0 Å². The predicted octanol–water partition coefficient (Wildman–Crippen LogP) is 3.58. The monoisotopic (exact) mass is 246 g/mol. The van der Waals surface area contributed by atoms with Gasteiger partial charge in [0.2, 0.25) is 0 Å². The van der Waals surface area contributed by atoms with E-state index < -0.39 is 0 Å². The molecular formula is C16H26N2. The molecule has 0 aromatic heterocycles. The first-order valence-corrected chi connectivity index (χ1v) is 7.11. The highest BCUT2D eigenvalue weighted by atomic mass is 15.1. The number of rotatable bonds is 3. The standard InChI is InChI=1S/C16H26N2/c1-12-4-6-13(7-5-12)16(17)14-8-10-15(11-9-14)18(2)3/h8-13,16H,4-7,17H2,1-3H3. The minimum Gasteiger partial charge on any atom is -0.378 e. The van der Waals surface area contributed by atoms with Crippen LogP contribution in [0.1, 0.15) is 44.2 Å². The van der Waals surface area contributed by atoms with E-state index in [2.05, 4.69) is 50.2 Å². The maximum Gasteiger partial charge on any atom is 0.0361 e. The van der Waals surface area contributed by atoms with Crippen LogP contribution >= 0.6 is 0 Å². The largest absolute Gasteiger partial charge is 0.378 e. The molecule has 1 unspecified atom stereocenters. The molecule has 1 aliphatic carbocycles. The molecule has 0 heterocycles. The second-order valence-corrected chi connectivity index (χ2v) is 6.03. The summed E-state index contributed by atoms with van der Waals surface area (Å²) in [6, 6.07) is 8.94. The molecule has 1 aromatic rings. The minimum atomic E-state index is 0.216. The van der Waals surface area contributed by atoms with Crippen LogP contribution in [0.3, 0.4) is 0 Å². The van der Waals surface area contributed by atoms with Crippen molar-refractivity contribution in [1.29, 1.82) is 0 Å². The summed E-state index contributed by atoms with van der Waals surface area (Å²) >= 11 is 0. The number of benzene rings is 1. The topological polar surface area (TPSA) is 29.3 Å². The van der Waals surface area contributed by atoms with Gasteiger partial charge in [-0.3, -0.25) is 0 Å². The van der Waals surface area contributed by atoms with Crippen molar-refractivity contribution in [1.82, 2.24) is 0 Å². The molecule has 1 atom stereocenters. The predicted molar refractivity (Wildman–Crippen MR) is 78.8 cm³/mol. The van der Waals surface area contributed by atoms with Crippen LogP contribution in [-0.4, -0.2) is 14.1 Å². The molecule has 0 radical (unpaired) electrons. The van der Waals surface area contributed by atoms with Crippen molar-refractivity contribution in [3.8, 4) is 0 Å². The fourth-order valence-corrected chi connectivity index (χ4v) is 2.91. The van der Waals surface area contributed by atoms with Gasteiger partial charge in [0.15, 0.2) is 0 Å². The van der Waals surface area contributed by atoms with Crippen molar-refractivity contribution >= 4 is 5.69 Å². The van der Waals surface area contributed by atoms with Gasteiger partial charge in [-0.1, -0.05) is 31.9 Å². The van der Waals surface area contributed by atoms with Crippen LogP contribution < -0.4 is 10.6 Å². The Labute approximate surface area is 111 Å². The molecule has 100 valence electrons. The first kappa shape index (κ1) is 13.4. The summed E-state index contributed by atoms with van der Waals surface area (Å²) < 4.78 is 0. The third-order valence-electron chi connectivity index (χ3n) is 4.36. The average Bonchev–Trinajstić information content (AvgIpc) is 2.39. The quantitative estimate of drug-likeness (QED) is 0.883. The van der Waals surface area contributed by atoms with Crippen molar-refractivity contribution in [2.75, 3.05) is 19.0 Å². The van der Waals surface area contributed by atoms with Gasteiger partial charge in [-0.2, -0.15) is 0 Å². The zero-order valence-corrected chi connectivity index (χ0v) is 11.9. The normalized spacial score (nSPS) is 25.8. The van der Waals surface area contributed by atoms with Crippen LogP contribution in [0.2, 0.25) is 0 Å². The van der Waals surface area contributed by atoms with E-state index in [0.29, 0.717) is 5.92 Å². The molecule has 0 spiro atoms. The summed E-state index contributed by atoms with van der Waals surface area (Å²) in [6.45, 7) is 2.35. The second-order valence-electron chi connectivity index (χ2n) is 6.03. The Bertz CT molecular complexity index is 361. The Balaban J connectivity index is 2.02. The van der Waals surface area contributed by atoms with E-state index in [-0.39, 0.29) is 6.04 Å². The van der Waals surface area contributed by atoms with Crippen LogP contribution in [0.25, 0.3) is 0 Å². The van der Waals surface area contributed by atoms with E-state index in [0.717, 1.165) is 5.92 Å². The SMILES string of the molecule is CC1CCC(C(N)c2ccc(N(C)C)cc2)CC1. The van der Waals surface area contributed by atoms with Crippen LogP contribution in [0, 0.1) is 11.8 Å². The van der Waals surface area contributed by atoms with Gasteiger partial charge in [0, 0.05) is 25.8 Å². The zero-order chi connectivity index (χ0) is 13.1. The highest BCUT2D eigenvalue weighted by Crippen LogP contribution is 2.35. The Morgan fingerprint density at radius 3 is 2.11 bits per heavy atom. The first-order valence-electron chi connectivity index (χ1n) is 7.11. The minimum absolute atomic E-state index is 0.216. The summed E-state index contributed by atoms with van der Waals surface area (Å²) in [7, 11) is 4.13. The summed E-state index contributed by atoms with van der Waals surface area (Å²) in [5, 5.41) is 0. The van der Waals surface area contributed by atoms with Gasteiger partial charge < -0.3 is 10.6 Å². The zero-order valence-electron chi connectivity index (χ0n) is 11.9. The molecule has 0 amide bonds. The highest BCUT2D eigenvalue weighted by molar-refractivity contribution is 5.46. The smallest absolute Gasteiger partial charge is 0.0361 e. The Kier molecular flexibility index (Phi) is 4.28. The molecule has 18 heavy (non-hydrogen) atoms. The summed E-state index contributed by atoms with van der Waals surface area (Å²) in [5.74, 6) is 1.57. The van der Waals surface area contributed by atoms with Crippen LogP contribution in [-0.2, 0) is 0 Å². The van der Waals surface area contributed by atoms with Crippen molar-refractivity contribution in [2.45, 2.75) is 38.6 Å². The molecule has 0 saturated heterocycles. The molecule has 1 aromatic carbocycles. The fraction of sp³-hybridized carbons (Fsp3) is 0.625. The molecule has 2 nitrogen and oxygen atoms in total. The van der Waals surface area contributed by atoms with Crippen LogP contribution in [0.15, 0.2) is 24.3 Å². The molecule has 0 aliphatic heterocycles. The number of nitrogens with zero attached hydrogens (tertiary/aromatic N) is 1. The van der Waals surface area contributed by atoms with Crippen molar-refractivity contribution in [3.05, 3.63) is 29.8 Å². The molecule has 1 fully saturated rings. The lowest BCUT2D eigenvalue weighted by Crippen LogP contribution is -2.25. The lowest BCUT2D eigenvalue weighted by atomic mass is 9.78. The van der Waals surface area contributed by atoms with Gasteiger partial charge in [-0.05, 0) is 42.4 Å². The number of hydrogen-bond donors (Lipinski definition) is 1. The van der Waals surface area contributed by atoms with Gasteiger partial charge in [0.05, 0.1) is 0 Å². The van der Waals surface area contributed by atoms with E-state index >= 15 is 0 Å². The Morgan fingerprint density at radius 2 is 1.61 bits per heavy atom. The van der Waals surface area contributed by atoms with Gasteiger partial charge in [0.1, 0.15) is 0 Å². The van der Waals surface area contributed by atoms with E-state index in [1.54, 1.807) is 0 Å². The van der Waals surface area contributed by atoms with Crippen LogP contribution in [0.4, 0.5) is 5.69 Å². The van der Waals surface area contributed by atoms with Gasteiger partial charge in [0.25, 0.3) is 0 Å². The molecular weight excluding hydrogens is 220 g/mol.